The van der Waals surface area contributed by atoms with Gasteiger partial charge in [-0.15, -0.1) is 12.4 Å². The van der Waals surface area contributed by atoms with E-state index in [2.05, 4.69) is 56.5 Å². The largest absolute Gasteiger partial charge is 0.382 e. The first kappa shape index (κ1) is 19.5. The maximum Gasteiger partial charge on any atom is 0.153 e. The van der Waals surface area contributed by atoms with Crippen molar-refractivity contribution in [3.8, 4) is 11.3 Å². The second-order valence-corrected chi connectivity index (χ2v) is 6.98. The van der Waals surface area contributed by atoms with E-state index in [9.17, 15) is 0 Å². The van der Waals surface area contributed by atoms with E-state index in [4.69, 9.17) is 5.73 Å². The maximum atomic E-state index is 5.95. The summed E-state index contributed by atoms with van der Waals surface area (Å²) in [6.45, 7) is 3.21. The summed E-state index contributed by atoms with van der Waals surface area (Å²) in [5.74, 6) is 0.414. The van der Waals surface area contributed by atoms with Crippen LogP contribution in [0.5, 0.6) is 0 Å². The Balaban J connectivity index is 0.00000210. The summed E-state index contributed by atoms with van der Waals surface area (Å²) in [6.07, 6.45) is 3.89. The van der Waals surface area contributed by atoms with Gasteiger partial charge in [-0.1, -0.05) is 18.2 Å². The zero-order valence-electron chi connectivity index (χ0n) is 15.4. The van der Waals surface area contributed by atoms with Gasteiger partial charge in [-0.25, -0.2) is 15.0 Å². The van der Waals surface area contributed by atoms with E-state index in [1.807, 2.05) is 12.1 Å². The van der Waals surface area contributed by atoms with E-state index in [-0.39, 0.29) is 12.4 Å². The molecule has 0 aliphatic carbocycles. The normalized spacial score (nSPS) is 15.6. The Labute approximate surface area is 165 Å². The SMILES string of the molecule is CN1CCC(NCc2cccc(-c3ccc4ncnc(N)c4n3)c2)CC1.Cl. The van der Waals surface area contributed by atoms with Crippen LogP contribution in [0.15, 0.2) is 42.7 Å². The first-order chi connectivity index (χ1) is 12.7. The molecule has 1 aliphatic heterocycles. The van der Waals surface area contributed by atoms with Gasteiger partial charge in [0.05, 0.1) is 11.2 Å². The molecule has 1 aliphatic rings. The number of likely N-dealkylation sites (tertiary alicyclic amines) is 1. The first-order valence-electron chi connectivity index (χ1n) is 9.07. The third-order valence-corrected chi connectivity index (χ3v) is 5.05. The van der Waals surface area contributed by atoms with Crippen molar-refractivity contribution in [3.05, 3.63) is 48.3 Å². The van der Waals surface area contributed by atoms with Crippen molar-refractivity contribution < 1.29 is 0 Å². The number of nitrogens with zero attached hydrogens (tertiary/aromatic N) is 4. The Morgan fingerprint density at radius 1 is 1.15 bits per heavy atom. The Kier molecular flexibility index (Phi) is 6.21. The second-order valence-electron chi connectivity index (χ2n) is 6.98. The minimum absolute atomic E-state index is 0. The zero-order chi connectivity index (χ0) is 17.9. The monoisotopic (exact) mass is 384 g/mol. The lowest BCUT2D eigenvalue weighted by atomic mass is 10.0. The number of aromatic nitrogens is 3. The van der Waals surface area contributed by atoms with Gasteiger partial charge in [0.25, 0.3) is 0 Å². The fourth-order valence-corrected chi connectivity index (χ4v) is 3.44. The molecule has 27 heavy (non-hydrogen) atoms. The van der Waals surface area contributed by atoms with Gasteiger partial charge >= 0.3 is 0 Å². The molecule has 1 aromatic carbocycles. The Hall–Kier alpha value is -2.28. The number of hydrogen-bond donors (Lipinski definition) is 2. The minimum Gasteiger partial charge on any atom is -0.382 e. The molecule has 0 spiro atoms. The van der Waals surface area contributed by atoms with Crippen LogP contribution in [0, 0.1) is 0 Å². The lowest BCUT2D eigenvalue weighted by Gasteiger charge is -2.29. The minimum atomic E-state index is 0. The van der Waals surface area contributed by atoms with E-state index in [1.165, 1.54) is 37.8 Å². The van der Waals surface area contributed by atoms with Gasteiger partial charge in [0, 0.05) is 18.2 Å². The fourth-order valence-electron chi connectivity index (χ4n) is 3.44. The molecule has 142 valence electrons. The molecule has 0 atom stereocenters. The molecule has 0 unspecified atom stereocenters. The van der Waals surface area contributed by atoms with E-state index in [0.717, 1.165) is 23.3 Å². The number of piperidine rings is 1. The molecule has 6 nitrogen and oxygen atoms in total. The van der Waals surface area contributed by atoms with E-state index < -0.39 is 0 Å². The molecule has 3 heterocycles. The molecule has 3 N–H and O–H groups in total. The van der Waals surface area contributed by atoms with Gasteiger partial charge in [-0.05, 0) is 56.7 Å². The van der Waals surface area contributed by atoms with Crippen molar-refractivity contribution in [2.45, 2.75) is 25.4 Å². The van der Waals surface area contributed by atoms with Crippen LogP contribution in [0.3, 0.4) is 0 Å². The van der Waals surface area contributed by atoms with Crippen molar-refractivity contribution in [1.29, 1.82) is 0 Å². The van der Waals surface area contributed by atoms with Crippen molar-refractivity contribution >= 4 is 29.3 Å². The standard InChI is InChI=1S/C20H24N6.ClH/c1-26-9-7-16(8-10-26)22-12-14-3-2-4-15(11-14)17-5-6-18-19(25-17)20(21)24-13-23-18;/h2-6,11,13,16,22H,7-10,12H2,1H3,(H2,21,23,24);1H. The van der Waals surface area contributed by atoms with Gasteiger partial charge in [0.15, 0.2) is 5.82 Å². The highest BCUT2D eigenvalue weighted by Crippen LogP contribution is 2.23. The second kappa shape index (κ2) is 8.61. The van der Waals surface area contributed by atoms with Crippen LogP contribution in [0.2, 0.25) is 0 Å². The van der Waals surface area contributed by atoms with E-state index >= 15 is 0 Å². The summed E-state index contributed by atoms with van der Waals surface area (Å²) in [6, 6.07) is 13.0. The van der Waals surface area contributed by atoms with E-state index in [1.54, 1.807) is 0 Å². The molecule has 0 radical (unpaired) electrons. The number of halogens is 1. The van der Waals surface area contributed by atoms with Gasteiger partial charge in [0.1, 0.15) is 11.8 Å². The number of pyridine rings is 1. The van der Waals surface area contributed by atoms with Gasteiger partial charge < -0.3 is 16.0 Å². The first-order valence-corrected chi connectivity index (χ1v) is 9.07. The van der Waals surface area contributed by atoms with Gasteiger partial charge in [0.2, 0.25) is 0 Å². The number of rotatable bonds is 4. The summed E-state index contributed by atoms with van der Waals surface area (Å²) in [7, 11) is 2.19. The Morgan fingerprint density at radius 3 is 2.78 bits per heavy atom. The average Bonchev–Trinajstić information content (AvgIpc) is 2.68. The lowest BCUT2D eigenvalue weighted by Crippen LogP contribution is -2.40. The van der Waals surface area contributed by atoms with Gasteiger partial charge in [-0.3, -0.25) is 0 Å². The highest BCUT2D eigenvalue weighted by atomic mass is 35.5. The number of nitrogens with two attached hydrogens (primary N) is 1. The van der Waals surface area contributed by atoms with Crippen molar-refractivity contribution in [2.24, 2.45) is 0 Å². The van der Waals surface area contributed by atoms with Crippen LogP contribution < -0.4 is 11.1 Å². The molecule has 7 heteroatoms. The van der Waals surface area contributed by atoms with Crippen LogP contribution >= 0.6 is 12.4 Å². The number of hydrogen-bond acceptors (Lipinski definition) is 6. The van der Waals surface area contributed by atoms with E-state index in [0.29, 0.717) is 17.4 Å². The molecular formula is C20H25ClN6. The topological polar surface area (TPSA) is 80.0 Å². The van der Waals surface area contributed by atoms with Crippen LogP contribution in [0.4, 0.5) is 5.82 Å². The molecule has 2 aromatic heterocycles. The summed E-state index contributed by atoms with van der Waals surface area (Å²) in [5.41, 5.74) is 10.6. The van der Waals surface area contributed by atoms with Crippen LogP contribution in [0.25, 0.3) is 22.3 Å². The molecule has 4 rings (SSSR count). The predicted molar refractivity (Wildman–Crippen MR) is 112 cm³/mol. The highest BCUT2D eigenvalue weighted by molar-refractivity contribution is 5.86. The van der Waals surface area contributed by atoms with Crippen LogP contribution in [-0.2, 0) is 6.54 Å². The summed E-state index contributed by atoms with van der Waals surface area (Å²) >= 11 is 0. The lowest BCUT2D eigenvalue weighted by molar-refractivity contribution is 0.234. The van der Waals surface area contributed by atoms with Crippen molar-refractivity contribution in [1.82, 2.24) is 25.2 Å². The quantitative estimate of drug-likeness (QED) is 0.720. The molecule has 1 saturated heterocycles. The Bertz CT molecular complexity index is 908. The smallest absolute Gasteiger partial charge is 0.153 e. The van der Waals surface area contributed by atoms with Crippen LogP contribution in [-0.4, -0.2) is 46.0 Å². The third-order valence-electron chi connectivity index (χ3n) is 5.05. The highest BCUT2D eigenvalue weighted by Gasteiger charge is 2.15. The average molecular weight is 385 g/mol. The fraction of sp³-hybridized carbons (Fsp3) is 0.350. The molecule has 3 aromatic rings. The van der Waals surface area contributed by atoms with Gasteiger partial charge in [-0.2, -0.15) is 0 Å². The molecular weight excluding hydrogens is 360 g/mol. The molecule has 0 bridgehead atoms. The molecule has 0 amide bonds. The number of nitrogen functional groups attached to an aromatic ring is 1. The van der Waals surface area contributed by atoms with Crippen molar-refractivity contribution in [2.75, 3.05) is 25.9 Å². The summed E-state index contributed by atoms with van der Waals surface area (Å²) < 4.78 is 0. The number of nitrogens with one attached hydrogen (secondary N) is 1. The molecule has 0 saturated carbocycles. The number of fused-ring (bicyclic) bond motifs is 1. The maximum absolute atomic E-state index is 5.95. The number of benzene rings is 1. The van der Waals surface area contributed by atoms with Crippen molar-refractivity contribution in [3.63, 3.8) is 0 Å². The van der Waals surface area contributed by atoms with Crippen LogP contribution in [0.1, 0.15) is 18.4 Å². The third kappa shape index (κ3) is 4.53. The number of anilines is 1. The summed E-state index contributed by atoms with van der Waals surface area (Å²) in [4.78, 5) is 15.3. The summed E-state index contributed by atoms with van der Waals surface area (Å²) in [5, 5.41) is 3.69. The predicted octanol–water partition coefficient (Wildman–Crippen LogP) is 2.88. The zero-order valence-corrected chi connectivity index (χ0v) is 16.2. The Morgan fingerprint density at radius 2 is 1.96 bits per heavy atom. The molecule has 1 fully saturated rings.